The van der Waals surface area contributed by atoms with Gasteiger partial charge in [-0.15, -0.1) is 0 Å². The van der Waals surface area contributed by atoms with Crippen LogP contribution in [0.4, 0.5) is 0 Å². The number of amides is 2. The summed E-state index contributed by atoms with van der Waals surface area (Å²) in [4.78, 5) is 26.5. The van der Waals surface area contributed by atoms with E-state index in [1.807, 2.05) is 62.4 Å². The Morgan fingerprint density at radius 3 is 2.48 bits per heavy atom. The van der Waals surface area contributed by atoms with Crippen LogP contribution in [0.2, 0.25) is 0 Å². The van der Waals surface area contributed by atoms with Gasteiger partial charge in [0.25, 0.3) is 5.91 Å². The fraction of sp³-hybridized carbons (Fsp3) is 0.364. The largest absolute Gasteiger partial charge is 0.483 e. The van der Waals surface area contributed by atoms with Gasteiger partial charge >= 0.3 is 0 Å². The molecule has 0 aliphatic heterocycles. The van der Waals surface area contributed by atoms with Gasteiger partial charge in [-0.2, -0.15) is 0 Å². The highest BCUT2D eigenvalue weighted by Crippen LogP contribution is 2.19. The highest BCUT2D eigenvalue weighted by Gasteiger charge is 2.25. The van der Waals surface area contributed by atoms with Crippen LogP contribution in [0.1, 0.15) is 23.6 Å². The minimum absolute atomic E-state index is 0.0968. The van der Waals surface area contributed by atoms with Crippen molar-refractivity contribution < 1.29 is 14.3 Å². The van der Waals surface area contributed by atoms with Gasteiger partial charge in [-0.05, 0) is 49.9 Å². The molecule has 0 fully saturated rings. The van der Waals surface area contributed by atoms with Crippen LogP contribution in [-0.4, -0.2) is 43.0 Å². The summed E-state index contributed by atoms with van der Waals surface area (Å²) in [6, 6.07) is 15.2. The molecule has 0 saturated carbocycles. The first kappa shape index (κ1) is 20.5. The Labute approximate surface area is 161 Å². The van der Waals surface area contributed by atoms with E-state index < -0.39 is 6.04 Å². The third-order valence-electron chi connectivity index (χ3n) is 4.59. The van der Waals surface area contributed by atoms with Crippen molar-refractivity contribution in [1.29, 1.82) is 0 Å². The molecule has 1 atom stereocenters. The topological polar surface area (TPSA) is 58.6 Å². The molecule has 1 N–H and O–H groups in total. The zero-order valence-corrected chi connectivity index (χ0v) is 16.5. The molecular formula is C22H28N2O3. The van der Waals surface area contributed by atoms with Crippen LogP contribution < -0.4 is 10.1 Å². The van der Waals surface area contributed by atoms with Crippen LogP contribution in [0.5, 0.6) is 5.75 Å². The zero-order chi connectivity index (χ0) is 19.8. The molecule has 0 aliphatic rings. The van der Waals surface area contributed by atoms with Gasteiger partial charge in [0.05, 0.1) is 0 Å². The number of likely N-dealkylation sites (N-methyl/N-ethyl adjacent to an activating group) is 1. The number of nitrogens with zero attached hydrogens (tertiary/aromatic N) is 1. The summed E-state index contributed by atoms with van der Waals surface area (Å²) in [5.74, 6) is 0.296. The van der Waals surface area contributed by atoms with Gasteiger partial charge in [-0.3, -0.25) is 9.59 Å². The molecule has 0 bridgehead atoms. The van der Waals surface area contributed by atoms with Crippen LogP contribution in [0.15, 0.2) is 48.5 Å². The molecule has 5 heteroatoms. The molecule has 1 unspecified atom stereocenters. The Hall–Kier alpha value is -2.82. The van der Waals surface area contributed by atoms with Crippen LogP contribution in [0, 0.1) is 13.8 Å². The molecule has 0 radical (unpaired) electrons. The highest BCUT2D eigenvalue weighted by atomic mass is 16.5. The Morgan fingerprint density at radius 1 is 1.11 bits per heavy atom. The van der Waals surface area contributed by atoms with Crippen molar-refractivity contribution >= 4 is 11.8 Å². The molecule has 0 spiro atoms. The second kappa shape index (κ2) is 9.76. The maximum atomic E-state index is 12.8. The summed E-state index contributed by atoms with van der Waals surface area (Å²) < 4.78 is 5.75. The van der Waals surface area contributed by atoms with Crippen molar-refractivity contribution in [2.75, 3.05) is 20.2 Å². The number of aryl methyl sites for hydroxylation is 2. The fourth-order valence-corrected chi connectivity index (χ4v) is 2.86. The van der Waals surface area contributed by atoms with Crippen LogP contribution in [0.3, 0.4) is 0 Å². The van der Waals surface area contributed by atoms with E-state index >= 15 is 0 Å². The minimum atomic E-state index is -0.562. The number of carbonyl (C=O) groups is 2. The van der Waals surface area contributed by atoms with Gasteiger partial charge in [-0.25, -0.2) is 0 Å². The van der Waals surface area contributed by atoms with Crippen LogP contribution >= 0.6 is 0 Å². The van der Waals surface area contributed by atoms with E-state index in [2.05, 4.69) is 5.32 Å². The standard InChI is InChI=1S/C22H28N2O3/c1-16-10-11-17(2)20(14-16)27-15-21(25)24(18(3)22(26)23-4)13-12-19-8-6-5-7-9-19/h5-11,14,18H,12-13,15H2,1-4H3,(H,23,26). The quantitative estimate of drug-likeness (QED) is 0.779. The fourth-order valence-electron chi connectivity index (χ4n) is 2.86. The lowest BCUT2D eigenvalue weighted by atomic mass is 10.1. The summed E-state index contributed by atoms with van der Waals surface area (Å²) in [6.07, 6.45) is 0.678. The molecule has 0 aromatic heterocycles. The number of carbonyl (C=O) groups excluding carboxylic acids is 2. The lowest BCUT2D eigenvalue weighted by Crippen LogP contribution is -2.49. The maximum absolute atomic E-state index is 12.8. The Kier molecular flexibility index (Phi) is 7.41. The minimum Gasteiger partial charge on any atom is -0.483 e. The first-order chi connectivity index (χ1) is 12.9. The summed E-state index contributed by atoms with van der Waals surface area (Å²) in [6.45, 7) is 6.02. The monoisotopic (exact) mass is 368 g/mol. The second-order valence-corrected chi connectivity index (χ2v) is 6.67. The molecule has 2 aromatic carbocycles. The first-order valence-electron chi connectivity index (χ1n) is 9.17. The number of hydrogen-bond donors (Lipinski definition) is 1. The second-order valence-electron chi connectivity index (χ2n) is 6.67. The van der Waals surface area contributed by atoms with Crippen molar-refractivity contribution in [2.24, 2.45) is 0 Å². The van der Waals surface area contributed by atoms with E-state index in [0.717, 1.165) is 16.7 Å². The van der Waals surface area contributed by atoms with Crippen molar-refractivity contribution in [3.05, 3.63) is 65.2 Å². The molecule has 144 valence electrons. The zero-order valence-electron chi connectivity index (χ0n) is 16.5. The summed E-state index contributed by atoms with van der Waals surface area (Å²) >= 11 is 0. The molecule has 2 aromatic rings. The molecule has 2 rings (SSSR count). The normalized spacial score (nSPS) is 11.6. The van der Waals surface area contributed by atoms with E-state index in [-0.39, 0.29) is 18.4 Å². The van der Waals surface area contributed by atoms with Gasteiger partial charge in [0.2, 0.25) is 5.91 Å². The number of rotatable bonds is 8. The van der Waals surface area contributed by atoms with E-state index in [1.165, 1.54) is 0 Å². The van der Waals surface area contributed by atoms with Gasteiger partial charge in [-0.1, -0.05) is 42.5 Å². The Bertz CT molecular complexity index is 774. The van der Waals surface area contributed by atoms with Gasteiger partial charge in [0.15, 0.2) is 6.61 Å². The summed E-state index contributed by atoms with van der Waals surface area (Å²) in [5, 5.41) is 2.62. The van der Waals surface area contributed by atoms with E-state index in [9.17, 15) is 9.59 Å². The van der Waals surface area contributed by atoms with Crippen molar-refractivity contribution in [1.82, 2.24) is 10.2 Å². The molecule has 5 nitrogen and oxygen atoms in total. The molecule has 27 heavy (non-hydrogen) atoms. The van der Waals surface area contributed by atoms with Gasteiger partial charge < -0.3 is 15.0 Å². The van der Waals surface area contributed by atoms with Crippen molar-refractivity contribution in [2.45, 2.75) is 33.2 Å². The average molecular weight is 368 g/mol. The lowest BCUT2D eigenvalue weighted by molar-refractivity contribution is -0.141. The third kappa shape index (κ3) is 5.84. The number of benzene rings is 2. The molecule has 0 saturated heterocycles. The summed E-state index contributed by atoms with van der Waals surface area (Å²) in [5.41, 5.74) is 3.17. The smallest absolute Gasteiger partial charge is 0.261 e. The lowest BCUT2D eigenvalue weighted by Gasteiger charge is -2.28. The van der Waals surface area contributed by atoms with Gasteiger partial charge in [0, 0.05) is 13.6 Å². The third-order valence-corrected chi connectivity index (χ3v) is 4.59. The number of ether oxygens (including phenoxy) is 1. The molecule has 0 heterocycles. The first-order valence-corrected chi connectivity index (χ1v) is 9.17. The Morgan fingerprint density at radius 2 is 1.81 bits per heavy atom. The predicted octanol–water partition coefficient (Wildman–Crippen LogP) is 2.89. The van der Waals surface area contributed by atoms with Crippen LogP contribution in [0.25, 0.3) is 0 Å². The van der Waals surface area contributed by atoms with Crippen molar-refractivity contribution in [3.63, 3.8) is 0 Å². The number of hydrogen-bond acceptors (Lipinski definition) is 3. The highest BCUT2D eigenvalue weighted by molar-refractivity contribution is 5.87. The number of nitrogens with one attached hydrogen (secondary N) is 1. The molecular weight excluding hydrogens is 340 g/mol. The SMILES string of the molecule is CNC(=O)C(C)N(CCc1ccccc1)C(=O)COc1cc(C)ccc1C. The summed E-state index contributed by atoms with van der Waals surface area (Å²) in [7, 11) is 1.57. The van der Waals surface area contributed by atoms with E-state index in [1.54, 1.807) is 18.9 Å². The van der Waals surface area contributed by atoms with Crippen LogP contribution in [-0.2, 0) is 16.0 Å². The van der Waals surface area contributed by atoms with Crippen molar-refractivity contribution in [3.8, 4) is 5.75 Å². The molecule has 2 amide bonds. The van der Waals surface area contributed by atoms with E-state index in [4.69, 9.17) is 4.74 Å². The Balaban J connectivity index is 2.07. The van der Waals surface area contributed by atoms with E-state index in [0.29, 0.717) is 18.7 Å². The predicted molar refractivity (Wildman–Crippen MR) is 107 cm³/mol. The maximum Gasteiger partial charge on any atom is 0.261 e. The average Bonchev–Trinajstić information content (AvgIpc) is 2.68. The van der Waals surface area contributed by atoms with Gasteiger partial charge in [0.1, 0.15) is 11.8 Å². The molecule has 0 aliphatic carbocycles.